The van der Waals surface area contributed by atoms with Crippen molar-refractivity contribution in [3.63, 3.8) is 0 Å². The zero-order valence-corrected chi connectivity index (χ0v) is 12.9. The lowest BCUT2D eigenvalue weighted by Gasteiger charge is -2.16. The Hall–Kier alpha value is -1.95. The number of fused-ring (bicyclic) bond motifs is 1. The summed E-state index contributed by atoms with van der Waals surface area (Å²) >= 11 is 1.54. The molecule has 0 aliphatic rings. The second-order valence-corrected chi connectivity index (χ2v) is 6.21. The normalized spacial score (nSPS) is 12.3. The summed E-state index contributed by atoms with van der Waals surface area (Å²) in [5, 5.41) is 12.6. The molecule has 6 heteroatoms. The van der Waals surface area contributed by atoms with Crippen LogP contribution in [0, 0.1) is 6.92 Å². The molecule has 21 heavy (non-hydrogen) atoms. The highest BCUT2D eigenvalue weighted by Gasteiger charge is 2.16. The summed E-state index contributed by atoms with van der Waals surface area (Å²) < 4.78 is 0.963. The molecule has 5 nitrogen and oxygen atoms in total. The third kappa shape index (κ3) is 4.01. The van der Waals surface area contributed by atoms with Gasteiger partial charge < -0.3 is 10.4 Å². The van der Waals surface area contributed by atoms with Crippen LogP contribution < -0.4 is 5.32 Å². The number of nitrogens with zero attached hydrogens (tertiary/aromatic N) is 1. The van der Waals surface area contributed by atoms with E-state index in [0.717, 1.165) is 21.6 Å². The van der Waals surface area contributed by atoms with Gasteiger partial charge in [0.05, 0.1) is 21.6 Å². The van der Waals surface area contributed by atoms with Crippen molar-refractivity contribution in [1.29, 1.82) is 0 Å². The average molecular weight is 306 g/mol. The second kappa shape index (κ2) is 6.67. The van der Waals surface area contributed by atoms with Gasteiger partial charge >= 0.3 is 5.97 Å². The van der Waals surface area contributed by atoms with Crippen molar-refractivity contribution in [2.24, 2.45) is 0 Å². The minimum Gasteiger partial charge on any atom is -0.481 e. The molecule has 0 bridgehead atoms. The minimum absolute atomic E-state index is 0.0541. The van der Waals surface area contributed by atoms with Crippen LogP contribution in [0.25, 0.3) is 10.2 Å². The molecular formula is C15H18N2O3S. The Labute approximate surface area is 127 Å². The largest absolute Gasteiger partial charge is 0.481 e. The van der Waals surface area contributed by atoms with Crippen LogP contribution in [-0.2, 0) is 4.79 Å². The van der Waals surface area contributed by atoms with E-state index in [1.165, 1.54) is 11.3 Å². The fourth-order valence-corrected chi connectivity index (χ4v) is 3.10. The van der Waals surface area contributed by atoms with E-state index in [1.807, 2.05) is 19.9 Å². The molecule has 0 aliphatic carbocycles. The van der Waals surface area contributed by atoms with E-state index in [0.29, 0.717) is 12.0 Å². The predicted octanol–water partition coefficient (Wildman–Crippen LogP) is 2.98. The average Bonchev–Trinajstić information content (AvgIpc) is 2.77. The van der Waals surface area contributed by atoms with Crippen molar-refractivity contribution < 1.29 is 14.7 Å². The van der Waals surface area contributed by atoms with Crippen LogP contribution in [-0.4, -0.2) is 28.0 Å². The van der Waals surface area contributed by atoms with Crippen molar-refractivity contribution in [3.8, 4) is 0 Å². The highest BCUT2D eigenvalue weighted by atomic mass is 32.1. The van der Waals surface area contributed by atoms with Gasteiger partial charge in [0.1, 0.15) is 0 Å². The summed E-state index contributed by atoms with van der Waals surface area (Å²) in [6, 6.07) is 5.01. The van der Waals surface area contributed by atoms with E-state index in [4.69, 9.17) is 5.11 Å². The highest BCUT2D eigenvalue weighted by Crippen LogP contribution is 2.22. The standard InChI is InChI=1S/C15H18N2O3S/c1-3-4-11(8-14(18)19)17-15(20)10-5-6-12-13(7-10)21-9(2)16-12/h5-7,11H,3-4,8H2,1-2H3,(H,17,20)(H,18,19)/t11-/m1/s1. The number of carboxylic acids is 1. The first-order valence-corrected chi connectivity index (χ1v) is 7.71. The fourth-order valence-electron chi connectivity index (χ4n) is 2.23. The zero-order chi connectivity index (χ0) is 15.4. The molecule has 2 N–H and O–H groups in total. The Morgan fingerprint density at radius 3 is 2.86 bits per heavy atom. The SMILES string of the molecule is CCC[C@H](CC(=O)O)NC(=O)c1ccc2nc(C)sc2c1. The van der Waals surface area contributed by atoms with Gasteiger partial charge in [0.2, 0.25) is 0 Å². The maximum atomic E-state index is 12.2. The molecule has 0 aliphatic heterocycles. The molecule has 0 radical (unpaired) electrons. The zero-order valence-electron chi connectivity index (χ0n) is 12.0. The molecule has 0 spiro atoms. The summed E-state index contributed by atoms with van der Waals surface area (Å²) in [4.78, 5) is 27.4. The van der Waals surface area contributed by atoms with Crippen molar-refractivity contribution >= 4 is 33.4 Å². The van der Waals surface area contributed by atoms with E-state index in [9.17, 15) is 9.59 Å². The minimum atomic E-state index is -0.901. The highest BCUT2D eigenvalue weighted by molar-refractivity contribution is 7.18. The number of thiazole rings is 1. The van der Waals surface area contributed by atoms with Crippen LogP contribution in [0.2, 0.25) is 0 Å². The van der Waals surface area contributed by atoms with Crippen LogP contribution in [0.3, 0.4) is 0 Å². The van der Waals surface area contributed by atoms with E-state index >= 15 is 0 Å². The predicted molar refractivity (Wildman–Crippen MR) is 82.8 cm³/mol. The van der Waals surface area contributed by atoms with E-state index in [1.54, 1.807) is 12.1 Å². The molecule has 112 valence electrons. The van der Waals surface area contributed by atoms with Gasteiger partial charge in [-0.3, -0.25) is 9.59 Å². The molecule has 0 unspecified atom stereocenters. The van der Waals surface area contributed by atoms with Crippen LogP contribution in [0.4, 0.5) is 0 Å². The quantitative estimate of drug-likeness (QED) is 0.860. The van der Waals surface area contributed by atoms with Crippen molar-refractivity contribution in [2.75, 3.05) is 0 Å². The van der Waals surface area contributed by atoms with Crippen LogP contribution in [0.1, 0.15) is 41.6 Å². The second-order valence-electron chi connectivity index (χ2n) is 4.97. The molecule has 2 rings (SSSR count). The number of aryl methyl sites for hydroxylation is 1. The summed E-state index contributed by atoms with van der Waals surface area (Å²) in [5.41, 5.74) is 1.42. The van der Waals surface area contributed by atoms with Gasteiger partial charge in [-0.05, 0) is 31.5 Å². The Morgan fingerprint density at radius 2 is 2.19 bits per heavy atom. The third-order valence-electron chi connectivity index (χ3n) is 3.15. The van der Waals surface area contributed by atoms with Gasteiger partial charge in [0.25, 0.3) is 5.91 Å². The molecule has 0 fully saturated rings. The van der Waals surface area contributed by atoms with E-state index < -0.39 is 5.97 Å². The van der Waals surface area contributed by atoms with Crippen molar-refractivity contribution in [1.82, 2.24) is 10.3 Å². The Kier molecular flexibility index (Phi) is 4.90. The maximum absolute atomic E-state index is 12.2. The lowest BCUT2D eigenvalue weighted by atomic mass is 10.1. The number of carbonyl (C=O) groups is 2. The Morgan fingerprint density at radius 1 is 1.43 bits per heavy atom. The molecule has 0 saturated carbocycles. The number of aromatic nitrogens is 1. The maximum Gasteiger partial charge on any atom is 0.305 e. The summed E-state index contributed by atoms with van der Waals surface area (Å²) in [7, 11) is 0. The topological polar surface area (TPSA) is 79.3 Å². The first-order chi connectivity index (χ1) is 9.99. The molecule has 1 aromatic heterocycles. The van der Waals surface area contributed by atoms with Crippen molar-refractivity contribution in [2.45, 2.75) is 39.2 Å². The third-order valence-corrected chi connectivity index (χ3v) is 4.08. The van der Waals surface area contributed by atoms with E-state index in [2.05, 4.69) is 10.3 Å². The van der Waals surface area contributed by atoms with Crippen LogP contribution in [0.5, 0.6) is 0 Å². The smallest absolute Gasteiger partial charge is 0.305 e. The van der Waals surface area contributed by atoms with Gasteiger partial charge in [-0.15, -0.1) is 11.3 Å². The lowest BCUT2D eigenvalue weighted by molar-refractivity contribution is -0.137. The number of carboxylic acid groups (broad SMARTS) is 1. The van der Waals surface area contributed by atoms with Crippen LogP contribution >= 0.6 is 11.3 Å². The summed E-state index contributed by atoms with van der Waals surface area (Å²) in [5.74, 6) is -1.13. The molecular weight excluding hydrogens is 288 g/mol. The summed E-state index contributed by atoms with van der Waals surface area (Å²) in [6.45, 7) is 3.89. The Bertz CT molecular complexity index is 666. The summed E-state index contributed by atoms with van der Waals surface area (Å²) in [6.07, 6.45) is 1.42. The number of carbonyl (C=O) groups excluding carboxylic acids is 1. The van der Waals surface area contributed by atoms with Gasteiger partial charge in [-0.1, -0.05) is 13.3 Å². The fraction of sp³-hybridized carbons (Fsp3) is 0.400. The molecule has 1 amide bonds. The number of benzene rings is 1. The van der Waals surface area contributed by atoms with Gasteiger partial charge in [0.15, 0.2) is 0 Å². The number of aliphatic carboxylic acids is 1. The van der Waals surface area contributed by atoms with Gasteiger partial charge in [-0.25, -0.2) is 4.98 Å². The molecule has 1 aromatic carbocycles. The first kappa shape index (κ1) is 15.4. The molecule has 2 aromatic rings. The lowest BCUT2D eigenvalue weighted by Crippen LogP contribution is -2.36. The van der Waals surface area contributed by atoms with Crippen LogP contribution in [0.15, 0.2) is 18.2 Å². The number of amides is 1. The molecule has 1 atom stereocenters. The van der Waals surface area contributed by atoms with Crippen molar-refractivity contribution in [3.05, 3.63) is 28.8 Å². The number of hydrogen-bond acceptors (Lipinski definition) is 4. The molecule has 0 saturated heterocycles. The van der Waals surface area contributed by atoms with Gasteiger partial charge in [-0.2, -0.15) is 0 Å². The number of hydrogen-bond donors (Lipinski definition) is 2. The van der Waals surface area contributed by atoms with E-state index in [-0.39, 0.29) is 18.4 Å². The monoisotopic (exact) mass is 306 g/mol. The van der Waals surface area contributed by atoms with Gasteiger partial charge in [0, 0.05) is 11.6 Å². The molecule has 1 heterocycles. The number of nitrogens with one attached hydrogen (secondary N) is 1. The first-order valence-electron chi connectivity index (χ1n) is 6.89. The Balaban J connectivity index is 2.14. The number of rotatable bonds is 6.